The molecule has 3 N–H and O–H groups in total. The highest BCUT2D eigenvalue weighted by molar-refractivity contribution is 7.90. The van der Waals surface area contributed by atoms with Crippen LogP contribution in [0.3, 0.4) is 0 Å². The number of hydrogen-bond donors (Lipinski definition) is 2. The van der Waals surface area contributed by atoms with E-state index in [2.05, 4.69) is 10.3 Å². The summed E-state index contributed by atoms with van der Waals surface area (Å²) in [7, 11) is -3.25. The monoisotopic (exact) mass is 283 g/mol. The molecule has 0 radical (unpaired) electrons. The highest BCUT2D eigenvalue weighted by atomic mass is 32.2. The Kier molecular flexibility index (Phi) is 4.42. The van der Waals surface area contributed by atoms with E-state index < -0.39 is 9.84 Å². The van der Waals surface area contributed by atoms with Crippen LogP contribution in [0, 0.1) is 11.8 Å². The van der Waals surface area contributed by atoms with Crippen molar-refractivity contribution in [3.8, 4) is 0 Å². The molecule has 106 valence electrons. The van der Waals surface area contributed by atoms with Crippen LogP contribution in [-0.4, -0.2) is 32.7 Å². The molecule has 19 heavy (non-hydrogen) atoms. The van der Waals surface area contributed by atoms with Crippen LogP contribution in [0.1, 0.15) is 19.3 Å². The molecular formula is C13H21N3O2S. The molecule has 1 fully saturated rings. The van der Waals surface area contributed by atoms with Crippen molar-refractivity contribution in [1.29, 1.82) is 0 Å². The van der Waals surface area contributed by atoms with Gasteiger partial charge in [-0.05, 0) is 43.4 Å². The standard InChI is InChI=1S/C13H21N3O2S/c1-19(17,18)12-6-3-7-15-13(12)16-9-11-5-2-4-10(11)8-14/h3,6-7,10-11H,2,4-5,8-9,14H2,1H3,(H,15,16). The Labute approximate surface area is 114 Å². The van der Waals surface area contributed by atoms with Crippen molar-refractivity contribution >= 4 is 15.7 Å². The van der Waals surface area contributed by atoms with Gasteiger partial charge in [0.1, 0.15) is 10.7 Å². The summed E-state index contributed by atoms with van der Waals surface area (Å²) in [5, 5.41) is 3.18. The molecule has 6 heteroatoms. The van der Waals surface area contributed by atoms with Crippen molar-refractivity contribution in [2.45, 2.75) is 24.2 Å². The summed E-state index contributed by atoms with van der Waals surface area (Å²) in [5.41, 5.74) is 5.75. The van der Waals surface area contributed by atoms with Crippen molar-refractivity contribution in [2.24, 2.45) is 17.6 Å². The van der Waals surface area contributed by atoms with E-state index in [4.69, 9.17) is 5.73 Å². The topological polar surface area (TPSA) is 85.1 Å². The number of hydrogen-bond acceptors (Lipinski definition) is 5. The fourth-order valence-corrected chi connectivity index (χ4v) is 3.54. The number of nitrogens with one attached hydrogen (secondary N) is 1. The molecule has 0 amide bonds. The van der Waals surface area contributed by atoms with Crippen molar-refractivity contribution in [2.75, 3.05) is 24.7 Å². The Morgan fingerprint density at radius 3 is 2.84 bits per heavy atom. The maximum Gasteiger partial charge on any atom is 0.179 e. The van der Waals surface area contributed by atoms with Gasteiger partial charge in [-0.3, -0.25) is 0 Å². The smallest absolute Gasteiger partial charge is 0.179 e. The van der Waals surface area contributed by atoms with E-state index in [-0.39, 0.29) is 4.90 Å². The second-order valence-corrected chi connectivity index (χ2v) is 7.17. The van der Waals surface area contributed by atoms with Crippen LogP contribution < -0.4 is 11.1 Å². The zero-order chi connectivity index (χ0) is 13.9. The number of anilines is 1. The molecule has 2 unspecified atom stereocenters. The molecule has 1 aliphatic rings. The molecule has 2 atom stereocenters. The predicted octanol–water partition coefficient (Wildman–Crippen LogP) is 1.27. The molecule has 0 saturated heterocycles. The fraction of sp³-hybridized carbons (Fsp3) is 0.615. The zero-order valence-electron chi connectivity index (χ0n) is 11.2. The van der Waals surface area contributed by atoms with Gasteiger partial charge in [0, 0.05) is 19.0 Å². The predicted molar refractivity (Wildman–Crippen MR) is 75.7 cm³/mol. The lowest BCUT2D eigenvalue weighted by Crippen LogP contribution is -2.25. The van der Waals surface area contributed by atoms with Crippen molar-refractivity contribution < 1.29 is 8.42 Å². The van der Waals surface area contributed by atoms with E-state index in [0.29, 0.717) is 24.2 Å². The van der Waals surface area contributed by atoms with Crippen LogP contribution in [0.25, 0.3) is 0 Å². The summed E-state index contributed by atoms with van der Waals surface area (Å²) in [6, 6.07) is 3.22. The Hall–Kier alpha value is -1.14. The summed E-state index contributed by atoms with van der Waals surface area (Å²) >= 11 is 0. The van der Waals surface area contributed by atoms with Gasteiger partial charge in [-0.15, -0.1) is 0 Å². The molecule has 2 rings (SSSR count). The largest absolute Gasteiger partial charge is 0.369 e. The summed E-state index contributed by atoms with van der Waals surface area (Å²) in [6.45, 7) is 1.44. The summed E-state index contributed by atoms with van der Waals surface area (Å²) in [4.78, 5) is 4.40. The molecule has 0 bridgehead atoms. The third kappa shape index (κ3) is 3.45. The number of nitrogens with two attached hydrogens (primary N) is 1. The van der Waals surface area contributed by atoms with Crippen molar-refractivity contribution in [1.82, 2.24) is 4.98 Å². The third-order valence-electron chi connectivity index (χ3n) is 3.82. The molecule has 0 aliphatic heterocycles. The average molecular weight is 283 g/mol. The Balaban J connectivity index is 2.08. The van der Waals surface area contributed by atoms with Gasteiger partial charge >= 0.3 is 0 Å². The van der Waals surface area contributed by atoms with Crippen LogP contribution in [0.5, 0.6) is 0 Å². The van der Waals surface area contributed by atoms with Crippen LogP contribution in [0.4, 0.5) is 5.82 Å². The van der Waals surface area contributed by atoms with Gasteiger partial charge in [0.25, 0.3) is 0 Å². The second-order valence-electron chi connectivity index (χ2n) is 5.19. The van der Waals surface area contributed by atoms with E-state index in [1.54, 1.807) is 18.3 Å². The van der Waals surface area contributed by atoms with Crippen molar-refractivity contribution in [3.05, 3.63) is 18.3 Å². The zero-order valence-corrected chi connectivity index (χ0v) is 12.0. The Bertz CT molecular complexity index is 530. The Morgan fingerprint density at radius 2 is 2.16 bits per heavy atom. The Morgan fingerprint density at radius 1 is 1.42 bits per heavy atom. The molecule has 1 aliphatic carbocycles. The molecule has 1 aromatic heterocycles. The van der Waals surface area contributed by atoms with E-state index in [1.165, 1.54) is 19.1 Å². The van der Waals surface area contributed by atoms with Gasteiger partial charge in [-0.1, -0.05) is 6.42 Å². The van der Waals surface area contributed by atoms with Crippen LogP contribution in [-0.2, 0) is 9.84 Å². The summed E-state index contributed by atoms with van der Waals surface area (Å²) in [5.74, 6) is 1.50. The number of pyridine rings is 1. The van der Waals surface area contributed by atoms with E-state index in [0.717, 1.165) is 13.0 Å². The molecule has 1 heterocycles. The minimum atomic E-state index is -3.25. The second kappa shape index (κ2) is 5.88. The lowest BCUT2D eigenvalue weighted by atomic mass is 9.96. The lowest BCUT2D eigenvalue weighted by molar-refractivity contribution is 0.414. The van der Waals surface area contributed by atoms with Gasteiger partial charge in [0.15, 0.2) is 9.84 Å². The van der Waals surface area contributed by atoms with Crippen LogP contribution >= 0.6 is 0 Å². The van der Waals surface area contributed by atoms with E-state index in [9.17, 15) is 8.42 Å². The summed E-state index contributed by atoms with van der Waals surface area (Å²) < 4.78 is 23.3. The lowest BCUT2D eigenvalue weighted by Gasteiger charge is -2.19. The number of sulfone groups is 1. The van der Waals surface area contributed by atoms with Gasteiger partial charge in [-0.25, -0.2) is 13.4 Å². The minimum absolute atomic E-state index is 0.261. The number of rotatable bonds is 5. The molecule has 5 nitrogen and oxygen atoms in total. The maximum absolute atomic E-state index is 11.7. The third-order valence-corrected chi connectivity index (χ3v) is 4.95. The maximum atomic E-state index is 11.7. The molecule has 0 spiro atoms. The molecule has 0 aromatic carbocycles. The SMILES string of the molecule is CS(=O)(=O)c1cccnc1NCC1CCCC1CN. The normalized spacial score (nSPS) is 23.5. The first kappa shape index (κ1) is 14.3. The van der Waals surface area contributed by atoms with Gasteiger partial charge in [0.05, 0.1) is 0 Å². The van der Waals surface area contributed by atoms with Crippen LogP contribution in [0.2, 0.25) is 0 Å². The fourth-order valence-electron chi connectivity index (χ4n) is 2.74. The molecule has 1 saturated carbocycles. The van der Waals surface area contributed by atoms with Gasteiger partial charge in [0.2, 0.25) is 0 Å². The summed E-state index contributed by atoms with van der Waals surface area (Å²) in [6.07, 6.45) is 6.33. The first-order valence-corrected chi connectivity index (χ1v) is 8.50. The average Bonchev–Trinajstić information content (AvgIpc) is 2.83. The van der Waals surface area contributed by atoms with Crippen LogP contribution in [0.15, 0.2) is 23.2 Å². The highest BCUT2D eigenvalue weighted by Crippen LogP contribution is 2.31. The first-order chi connectivity index (χ1) is 9.02. The molecule has 1 aromatic rings. The number of aromatic nitrogens is 1. The number of nitrogens with zero attached hydrogens (tertiary/aromatic N) is 1. The highest BCUT2D eigenvalue weighted by Gasteiger charge is 2.26. The van der Waals surface area contributed by atoms with Crippen molar-refractivity contribution in [3.63, 3.8) is 0 Å². The van der Waals surface area contributed by atoms with E-state index in [1.807, 2.05) is 0 Å². The van der Waals surface area contributed by atoms with Gasteiger partial charge in [-0.2, -0.15) is 0 Å². The quantitative estimate of drug-likeness (QED) is 0.850. The minimum Gasteiger partial charge on any atom is -0.369 e. The molecular weight excluding hydrogens is 262 g/mol. The first-order valence-electron chi connectivity index (χ1n) is 6.61. The van der Waals surface area contributed by atoms with E-state index >= 15 is 0 Å². The van der Waals surface area contributed by atoms with Gasteiger partial charge < -0.3 is 11.1 Å².